The van der Waals surface area contributed by atoms with Gasteiger partial charge in [-0.1, -0.05) is 30.5 Å². The second kappa shape index (κ2) is 19.3. The number of carboxylic acid groups (broad SMARTS) is 1. The Hall–Kier alpha value is -6.47. The normalized spacial score (nSPS) is 17.2. The molecule has 29 heteroatoms. The standard InChI is InChI=1S/C45H41ClF10N8O8S2/c1-6-24(17-33(66)67)58-41(68)64(74(5,71)72)40-35-30(46)10-9-27(37(35)63(61-40)20-43(49,50)51)26-8-7-25(11-12-42(2,3)73(4,69)70)57-36(26)31(15-21-13-22(47)16-23(48)14-21)59-32(65)19-62-39-34(38(60-62)45(54,55)56)28-18-29(28)44(39,52)53/h7-10,13-14,16,24,28-29,31H,6,15,17-20H2,1-5H3,(H,58,68)(H,59,65)(H,66,67)/t24-,28+,29-,31+/m1/s1. The molecule has 2 aliphatic rings. The molecule has 0 unspecified atom stereocenters. The first-order valence-electron chi connectivity index (χ1n) is 21.8. The molecule has 0 spiro atoms. The van der Waals surface area contributed by atoms with E-state index in [4.69, 9.17) is 11.6 Å². The molecule has 7 rings (SSSR count). The fourth-order valence-corrected chi connectivity index (χ4v) is 9.81. The number of fused-ring (bicyclic) bond motifs is 4. The van der Waals surface area contributed by atoms with Crippen LogP contribution in [0.3, 0.4) is 0 Å². The largest absolute Gasteiger partial charge is 0.481 e. The van der Waals surface area contributed by atoms with Gasteiger partial charge < -0.3 is 15.7 Å². The molecular formula is C45H41ClF10N8O8S2. The molecule has 2 aliphatic carbocycles. The number of hydrogen-bond donors (Lipinski definition) is 3. The quantitative estimate of drug-likeness (QED) is 0.0674. The van der Waals surface area contributed by atoms with Crippen molar-refractivity contribution in [1.29, 1.82) is 0 Å². The number of aromatic nitrogens is 5. The molecule has 4 atom stereocenters. The van der Waals surface area contributed by atoms with Gasteiger partial charge in [0.15, 0.2) is 21.3 Å². The lowest BCUT2D eigenvalue weighted by molar-refractivity contribution is -0.143. The van der Waals surface area contributed by atoms with Gasteiger partial charge in [0, 0.05) is 41.0 Å². The first kappa shape index (κ1) is 55.3. The second-order valence-electron chi connectivity index (χ2n) is 18.2. The van der Waals surface area contributed by atoms with Crippen LogP contribution in [0.1, 0.15) is 85.9 Å². The number of sulfone groups is 1. The molecule has 1 saturated carbocycles. The van der Waals surface area contributed by atoms with Crippen LogP contribution in [0.4, 0.5) is 54.5 Å². The van der Waals surface area contributed by atoms with Crippen molar-refractivity contribution in [1.82, 2.24) is 35.2 Å². The fourth-order valence-electron chi connectivity index (χ4n) is 8.55. The van der Waals surface area contributed by atoms with Crippen molar-refractivity contribution >= 4 is 66.1 Å². The Balaban J connectivity index is 1.49. The molecule has 0 bridgehead atoms. The molecule has 2 aromatic carbocycles. The van der Waals surface area contributed by atoms with Gasteiger partial charge in [0.1, 0.15) is 40.9 Å². The number of anilines is 1. The summed E-state index contributed by atoms with van der Waals surface area (Å²) in [6.45, 7) is 0.545. The number of alkyl halides is 8. The van der Waals surface area contributed by atoms with Crippen molar-refractivity contribution in [2.24, 2.45) is 5.92 Å². The molecule has 3 N–H and O–H groups in total. The van der Waals surface area contributed by atoms with E-state index in [-0.39, 0.29) is 43.3 Å². The Morgan fingerprint density at radius 1 is 0.946 bits per heavy atom. The number of halogens is 11. The molecule has 0 aliphatic heterocycles. The van der Waals surface area contributed by atoms with E-state index in [1.54, 1.807) is 0 Å². The van der Waals surface area contributed by atoms with Gasteiger partial charge in [0.05, 0.1) is 40.3 Å². The molecule has 3 heterocycles. The van der Waals surface area contributed by atoms with Crippen LogP contribution in [0.15, 0.2) is 42.5 Å². The number of nitrogens with zero attached hydrogens (tertiary/aromatic N) is 6. The summed E-state index contributed by atoms with van der Waals surface area (Å²) in [6, 6.07) is 1.80. The highest BCUT2D eigenvalue weighted by Crippen LogP contribution is 2.68. The summed E-state index contributed by atoms with van der Waals surface area (Å²) in [7, 11) is -8.84. The van der Waals surface area contributed by atoms with E-state index >= 15 is 8.78 Å². The lowest BCUT2D eigenvalue weighted by Gasteiger charge is -2.23. The van der Waals surface area contributed by atoms with Crippen molar-refractivity contribution in [3.63, 3.8) is 0 Å². The van der Waals surface area contributed by atoms with Crippen LogP contribution >= 0.6 is 11.6 Å². The SMILES string of the molecule is CC[C@H](CC(=O)O)NC(=O)N(c1nn(CC(F)(F)F)c2c(-c3ccc(C#CC(C)(C)S(C)(=O)=O)nc3[C@H](Cc3cc(F)cc(F)c3)NC(=O)Cn3nc(C(F)(F)F)c4c3C(F)(F)[C@@H]3C[C@H]43)ccc(Cl)c12)S(C)(=O)=O. The maximum atomic E-state index is 15.6. The molecule has 3 amide bonds. The number of benzene rings is 2. The summed E-state index contributed by atoms with van der Waals surface area (Å²) in [5.41, 5.74) is -6.14. The maximum Gasteiger partial charge on any atom is 0.435 e. The Labute approximate surface area is 419 Å². The molecular weight excluding hydrogens is 1070 g/mol. The zero-order chi connectivity index (χ0) is 55.0. The first-order valence-corrected chi connectivity index (χ1v) is 26.0. The van der Waals surface area contributed by atoms with Gasteiger partial charge in [-0.15, -0.1) is 0 Å². The van der Waals surface area contributed by atoms with E-state index < -0.39 is 172 Å². The molecule has 5 aromatic rings. The number of urea groups is 1. The number of pyridine rings is 1. The van der Waals surface area contributed by atoms with Crippen LogP contribution in [0.25, 0.3) is 22.0 Å². The number of hydrogen-bond acceptors (Lipinski definition) is 10. The summed E-state index contributed by atoms with van der Waals surface area (Å²) in [5.74, 6) is -7.63. The van der Waals surface area contributed by atoms with Crippen molar-refractivity contribution < 1.29 is 80.2 Å². The Morgan fingerprint density at radius 2 is 1.58 bits per heavy atom. The van der Waals surface area contributed by atoms with Crippen LogP contribution < -0.4 is 14.9 Å². The van der Waals surface area contributed by atoms with Crippen molar-refractivity contribution in [2.75, 3.05) is 16.8 Å². The highest BCUT2D eigenvalue weighted by Gasteiger charge is 2.68. The summed E-state index contributed by atoms with van der Waals surface area (Å²) >= 11 is 6.63. The van der Waals surface area contributed by atoms with Gasteiger partial charge in [-0.3, -0.25) is 19.0 Å². The van der Waals surface area contributed by atoms with Gasteiger partial charge in [-0.2, -0.15) is 49.6 Å². The third-order valence-corrected chi connectivity index (χ3v) is 15.5. The molecule has 74 heavy (non-hydrogen) atoms. The highest BCUT2D eigenvalue weighted by molar-refractivity contribution is 7.93. The van der Waals surface area contributed by atoms with Crippen LogP contribution in [0, 0.1) is 29.4 Å². The van der Waals surface area contributed by atoms with Gasteiger partial charge in [0.2, 0.25) is 15.9 Å². The van der Waals surface area contributed by atoms with Gasteiger partial charge in [-0.25, -0.2) is 35.4 Å². The highest BCUT2D eigenvalue weighted by atomic mass is 35.5. The minimum Gasteiger partial charge on any atom is -0.481 e. The summed E-state index contributed by atoms with van der Waals surface area (Å²) < 4.78 is 198. The average Bonchev–Trinajstić information content (AvgIpc) is 3.76. The van der Waals surface area contributed by atoms with Gasteiger partial charge in [-0.05, 0) is 80.8 Å². The van der Waals surface area contributed by atoms with Gasteiger partial charge >= 0.3 is 24.4 Å². The molecule has 0 saturated heterocycles. The Morgan fingerprint density at radius 3 is 2.15 bits per heavy atom. The van der Waals surface area contributed by atoms with Crippen LogP contribution in [-0.2, 0) is 61.1 Å². The molecule has 0 radical (unpaired) electrons. The fraction of sp³-hybridized carbons (Fsp3) is 0.422. The number of nitrogens with one attached hydrogen (secondary N) is 2. The van der Waals surface area contributed by atoms with E-state index in [2.05, 4.69) is 37.7 Å². The minimum absolute atomic E-state index is 0.0471. The van der Waals surface area contributed by atoms with Crippen LogP contribution in [-0.4, -0.2) is 93.9 Å². The summed E-state index contributed by atoms with van der Waals surface area (Å²) in [5, 5.41) is 20.1. The first-order chi connectivity index (χ1) is 34.0. The third kappa shape index (κ3) is 11.3. The lowest BCUT2D eigenvalue weighted by atomic mass is 9.93. The van der Waals surface area contributed by atoms with Crippen LogP contribution in [0.2, 0.25) is 5.02 Å². The van der Waals surface area contributed by atoms with E-state index in [9.17, 15) is 71.4 Å². The molecule has 1 fully saturated rings. The topological polar surface area (TPSA) is 216 Å². The van der Waals surface area contributed by atoms with E-state index in [0.717, 1.165) is 42.7 Å². The third-order valence-electron chi connectivity index (χ3n) is 12.3. The Bertz CT molecular complexity index is 3410. The zero-order valence-electron chi connectivity index (χ0n) is 39.1. The van der Waals surface area contributed by atoms with Crippen molar-refractivity contribution in [3.8, 4) is 23.0 Å². The smallest absolute Gasteiger partial charge is 0.435 e. The molecule has 3 aromatic heterocycles. The number of amides is 3. The van der Waals surface area contributed by atoms with E-state index in [0.29, 0.717) is 12.3 Å². The number of sulfonamides is 1. The van der Waals surface area contributed by atoms with Gasteiger partial charge in [0.25, 0.3) is 5.92 Å². The summed E-state index contributed by atoms with van der Waals surface area (Å²) in [6.07, 6.45) is -10.9. The number of carbonyl (C=O) groups is 3. The predicted octanol–water partition coefficient (Wildman–Crippen LogP) is 8.02. The van der Waals surface area contributed by atoms with Crippen LogP contribution in [0.5, 0.6) is 0 Å². The molecule has 398 valence electrons. The second-order valence-corrected chi connectivity index (χ2v) is 23.0. The van der Waals surface area contributed by atoms with E-state index in [1.165, 1.54) is 20.8 Å². The van der Waals surface area contributed by atoms with E-state index in [1.807, 2.05) is 0 Å². The predicted molar refractivity (Wildman–Crippen MR) is 245 cm³/mol. The Kier molecular flexibility index (Phi) is 14.5. The monoisotopic (exact) mass is 1110 g/mol. The summed E-state index contributed by atoms with van der Waals surface area (Å²) in [4.78, 5) is 44.0. The van der Waals surface area contributed by atoms with Crippen molar-refractivity contribution in [3.05, 3.63) is 93.0 Å². The lowest BCUT2D eigenvalue weighted by Crippen LogP contribution is -2.48. The molecule has 16 nitrogen and oxygen atoms in total. The number of aliphatic carboxylic acids is 1. The number of carboxylic acids is 1. The average molecular weight is 1110 g/mol. The zero-order valence-corrected chi connectivity index (χ0v) is 41.4. The minimum atomic E-state index is -5.24. The maximum absolute atomic E-state index is 15.6. The van der Waals surface area contributed by atoms with Crippen molar-refractivity contribution in [2.45, 2.75) is 101 Å². The number of carbonyl (C=O) groups excluding carboxylic acids is 2. The number of rotatable bonds is 15.